The number of hydrogen-bond acceptors (Lipinski definition) is 8. The fourth-order valence-electron chi connectivity index (χ4n) is 3.62. The van der Waals surface area contributed by atoms with Crippen LogP contribution in [0.15, 0.2) is 47.5 Å². The zero-order valence-electron chi connectivity index (χ0n) is 19.8. The normalized spacial score (nSPS) is 13.7. The zero-order chi connectivity index (χ0) is 26.0. The Balaban J connectivity index is 1.91. The predicted octanol–water partition coefficient (Wildman–Crippen LogP) is 1.89. The molecule has 1 heterocycles. The van der Waals surface area contributed by atoms with Gasteiger partial charge >= 0.3 is 0 Å². The zero-order valence-corrected chi connectivity index (χ0v) is 20.6. The minimum absolute atomic E-state index is 0.132. The molecular formula is C23H27FN4O6S. The highest BCUT2D eigenvalue weighted by molar-refractivity contribution is 7.92. The van der Waals surface area contributed by atoms with E-state index in [0.29, 0.717) is 23.2 Å². The van der Waals surface area contributed by atoms with E-state index in [-0.39, 0.29) is 18.4 Å². The number of benzene rings is 2. The van der Waals surface area contributed by atoms with Gasteiger partial charge in [0.15, 0.2) is 14.6 Å². The maximum absolute atomic E-state index is 14.8. The van der Waals surface area contributed by atoms with Crippen molar-refractivity contribution in [1.82, 2.24) is 20.1 Å². The number of fused-ring (bicyclic) bond motifs is 1. The highest BCUT2D eigenvalue weighted by Crippen LogP contribution is 2.26. The topological polar surface area (TPSA) is 131 Å². The molecule has 10 nitrogen and oxygen atoms in total. The first-order chi connectivity index (χ1) is 16.4. The molecule has 0 fully saturated rings. The number of sulfone groups is 1. The largest absolute Gasteiger partial charge is 0.302 e. The van der Waals surface area contributed by atoms with Gasteiger partial charge in [-0.15, -0.1) is 0 Å². The summed E-state index contributed by atoms with van der Waals surface area (Å²) in [5, 5.41) is 10.8. The number of carbonyl (C=O) groups is 1. The molecule has 12 heteroatoms. The molecule has 0 bridgehead atoms. The first kappa shape index (κ1) is 26.4. The Labute approximate surface area is 201 Å². The van der Waals surface area contributed by atoms with Crippen LogP contribution < -0.4 is 11.0 Å². The number of nitrogens with zero attached hydrogens (tertiary/aromatic N) is 3. The van der Waals surface area contributed by atoms with Gasteiger partial charge in [-0.05, 0) is 42.7 Å². The van der Waals surface area contributed by atoms with Gasteiger partial charge in [-0.3, -0.25) is 19.4 Å². The summed E-state index contributed by atoms with van der Waals surface area (Å²) in [6.07, 6.45) is 1.86. The fraction of sp³-hybridized carbons (Fsp3) is 0.348. The first-order valence-corrected chi connectivity index (χ1v) is 12.5. The second-order valence-electron chi connectivity index (χ2n) is 8.45. The number of halogens is 1. The number of amides is 1. The van der Waals surface area contributed by atoms with E-state index in [1.165, 1.54) is 42.5 Å². The Kier molecular flexibility index (Phi) is 7.70. The van der Waals surface area contributed by atoms with Gasteiger partial charge in [0.1, 0.15) is 5.82 Å². The monoisotopic (exact) mass is 506 g/mol. The molecule has 1 atom stereocenters. The van der Waals surface area contributed by atoms with Crippen molar-refractivity contribution in [3.63, 3.8) is 0 Å². The van der Waals surface area contributed by atoms with Gasteiger partial charge in [0.2, 0.25) is 0 Å². The number of hydroxylamine groups is 3. The van der Waals surface area contributed by atoms with Crippen LogP contribution in [0.1, 0.15) is 18.9 Å². The van der Waals surface area contributed by atoms with Crippen LogP contribution in [-0.4, -0.2) is 59.3 Å². The van der Waals surface area contributed by atoms with E-state index in [1.54, 1.807) is 36.4 Å². The van der Waals surface area contributed by atoms with Gasteiger partial charge in [-0.2, -0.15) is 5.06 Å². The Hall–Kier alpha value is -3.19. The lowest BCUT2D eigenvalue weighted by molar-refractivity contribution is -0.131. The Morgan fingerprint density at radius 3 is 2.60 bits per heavy atom. The van der Waals surface area contributed by atoms with Crippen molar-refractivity contribution in [2.75, 3.05) is 20.4 Å². The molecule has 0 radical (unpaired) electrons. The standard InChI is InChI=1S/C23H27FN4O6S/c1-23(22(30)26-31,35(4,32)33)9-10-28-14-25-20-12-16(6-8-18(20)21(28)29)17-7-5-15(11-19(17)24)13-27(2)34-3/h5-8,11-12,14,31H,9-10,13H2,1-4H3,(H,26,30)/t23-/m1/s1. The molecule has 1 aromatic heterocycles. The average Bonchev–Trinajstić information content (AvgIpc) is 2.82. The predicted molar refractivity (Wildman–Crippen MR) is 128 cm³/mol. The van der Waals surface area contributed by atoms with Crippen LogP contribution in [0.25, 0.3) is 22.0 Å². The summed E-state index contributed by atoms with van der Waals surface area (Å²) in [5.41, 5.74) is 2.88. The van der Waals surface area contributed by atoms with Crippen molar-refractivity contribution < 1.29 is 27.6 Å². The van der Waals surface area contributed by atoms with Gasteiger partial charge in [0, 0.05) is 32.0 Å². The Morgan fingerprint density at radius 2 is 2.00 bits per heavy atom. The van der Waals surface area contributed by atoms with Crippen molar-refractivity contribution in [3.05, 3.63) is 64.5 Å². The first-order valence-electron chi connectivity index (χ1n) is 10.6. The lowest BCUT2D eigenvalue weighted by Gasteiger charge is -2.25. The molecule has 0 unspecified atom stereocenters. The smallest absolute Gasteiger partial charge is 0.264 e. The van der Waals surface area contributed by atoms with E-state index >= 15 is 0 Å². The van der Waals surface area contributed by atoms with E-state index in [2.05, 4.69) is 4.98 Å². The van der Waals surface area contributed by atoms with E-state index in [0.717, 1.165) is 11.8 Å². The summed E-state index contributed by atoms with van der Waals surface area (Å²) < 4.78 is 38.3. The van der Waals surface area contributed by atoms with E-state index < -0.39 is 31.9 Å². The van der Waals surface area contributed by atoms with Gasteiger partial charge in [0.05, 0.1) is 24.3 Å². The average molecular weight is 507 g/mol. The molecule has 0 aliphatic rings. The van der Waals surface area contributed by atoms with Gasteiger partial charge in [0.25, 0.3) is 11.5 Å². The molecule has 0 saturated heterocycles. The Bertz CT molecular complexity index is 1430. The SMILES string of the molecule is CON(C)Cc1ccc(-c2ccc3c(=O)n(CC[C@](C)(C(=O)NO)S(C)(=O)=O)cnc3c2)c(F)c1. The summed E-state index contributed by atoms with van der Waals surface area (Å²) in [5.74, 6) is -1.52. The van der Waals surface area contributed by atoms with Crippen LogP contribution in [0.5, 0.6) is 0 Å². The van der Waals surface area contributed by atoms with E-state index in [9.17, 15) is 22.4 Å². The summed E-state index contributed by atoms with van der Waals surface area (Å²) >= 11 is 0. The lowest BCUT2D eigenvalue weighted by Crippen LogP contribution is -2.50. The molecule has 3 aromatic rings. The molecule has 0 aliphatic carbocycles. The van der Waals surface area contributed by atoms with E-state index in [4.69, 9.17) is 10.0 Å². The third-order valence-electron chi connectivity index (χ3n) is 6.12. The summed E-state index contributed by atoms with van der Waals surface area (Å²) in [6.45, 7) is 1.45. The minimum Gasteiger partial charge on any atom is -0.302 e. The van der Waals surface area contributed by atoms with Gasteiger partial charge in [-0.25, -0.2) is 23.3 Å². The van der Waals surface area contributed by atoms with Crippen molar-refractivity contribution in [2.24, 2.45) is 0 Å². The van der Waals surface area contributed by atoms with Crippen molar-refractivity contribution in [3.8, 4) is 11.1 Å². The van der Waals surface area contributed by atoms with Crippen LogP contribution in [0.4, 0.5) is 4.39 Å². The van der Waals surface area contributed by atoms with Crippen LogP contribution in [0.3, 0.4) is 0 Å². The summed E-state index contributed by atoms with van der Waals surface area (Å²) in [7, 11) is -0.649. The quantitative estimate of drug-likeness (QED) is 0.332. The number of aryl methyl sites for hydroxylation is 1. The van der Waals surface area contributed by atoms with Gasteiger partial charge in [-0.1, -0.05) is 18.2 Å². The number of carbonyl (C=O) groups excluding carboxylic acids is 1. The van der Waals surface area contributed by atoms with Crippen LogP contribution in [-0.2, 0) is 32.6 Å². The van der Waals surface area contributed by atoms with Crippen molar-refractivity contribution >= 4 is 26.6 Å². The molecule has 0 spiro atoms. The summed E-state index contributed by atoms with van der Waals surface area (Å²) in [4.78, 5) is 34.3. The number of hydrogen-bond donors (Lipinski definition) is 2. The molecule has 0 aliphatic heterocycles. The van der Waals surface area contributed by atoms with Crippen molar-refractivity contribution in [2.45, 2.75) is 31.2 Å². The highest BCUT2D eigenvalue weighted by Gasteiger charge is 2.43. The minimum atomic E-state index is -3.91. The molecule has 2 aromatic carbocycles. The highest BCUT2D eigenvalue weighted by atomic mass is 32.2. The van der Waals surface area contributed by atoms with Gasteiger partial charge < -0.3 is 4.84 Å². The third-order valence-corrected chi connectivity index (χ3v) is 8.14. The maximum atomic E-state index is 14.8. The number of aromatic nitrogens is 2. The molecule has 188 valence electrons. The van der Waals surface area contributed by atoms with Crippen LogP contribution in [0, 0.1) is 5.82 Å². The maximum Gasteiger partial charge on any atom is 0.264 e. The molecule has 2 N–H and O–H groups in total. The molecule has 1 amide bonds. The van der Waals surface area contributed by atoms with E-state index in [1.807, 2.05) is 0 Å². The molecule has 3 rings (SSSR count). The third kappa shape index (κ3) is 5.40. The van der Waals surface area contributed by atoms with Crippen LogP contribution in [0.2, 0.25) is 0 Å². The molecule has 35 heavy (non-hydrogen) atoms. The van der Waals surface area contributed by atoms with Crippen molar-refractivity contribution in [1.29, 1.82) is 0 Å². The number of rotatable bonds is 9. The molecular weight excluding hydrogens is 479 g/mol. The second kappa shape index (κ2) is 10.2. The Morgan fingerprint density at radius 1 is 1.29 bits per heavy atom. The molecule has 0 saturated carbocycles. The van der Waals surface area contributed by atoms with Crippen LogP contribution >= 0.6 is 0 Å². The fourth-order valence-corrected chi connectivity index (χ4v) is 4.46. The lowest BCUT2D eigenvalue weighted by atomic mass is 10.0. The number of nitrogens with one attached hydrogen (secondary N) is 1. The summed E-state index contributed by atoms with van der Waals surface area (Å²) in [6, 6.07) is 9.58. The second-order valence-corrected chi connectivity index (χ2v) is 10.9.